The van der Waals surface area contributed by atoms with Crippen molar-refractivity contribution < 1.29 is 14.3 Å². The second-order valence-corrected chi connectivity index (χ2v) is 7.86. The number of esters is 1. The van der Waals surface area contributed by atoms with Crippen molar-refractivity contribution in [2.75, 3.05) is 11.9 Å². The minimum atomic E-state index is -0.608. The van der Waals surface area contributed by atoms with E-state index in [1.54, 1.807) is 10.8 Å². The molecule has 1 amide bonds. The maximum atomic E-state index is 12.3. The van der Waals surface area contributed by atoms with Gasteiger partial charge in [0.1, 0.15) is 5.01 Å². The zero-order chi connectivity index (χ0) is 21.8. The van der Waals surface area contributed by atoms with Crippen molar-refractivity contribution in [1.29, 1.82) is 0 Å². The van der Waals surface area contributed by atoms with E-state index in [0.717, 1.165) is 21.6 Å². The van der Waals surface area contributed by atoms with Gasteiger partial charge in [0, 0.05) is 6.08 Å². The fraction of sp³-hybridized carbons (Fsp3) is 0.130. The van der Waals surface area contributed by atoms with Crippen LogP contribution in [0.4, 0.5) is 5.69 Å². The zero-order valence-corrected chi connectivity index (χ0v) is 17.8. The van der Waals surface area contributed by atoms with Gasteiger partial charge in [0.05, 0.1) is 33.0 Å². The number of aromatic nitrogens is 3. The van der Waals surface area contributed by atoms with Gasteiger partial charge in [0.2, 0.25) is 0 Å². The number of nitrogens with one attached hydrogen (secondary N) is 1. The lowest BCUT2D eigenvalue weighted by Crippen LogP contribution is -2.20. The third kappa shape index (κ3) is 4.70. The lowest BCUT2D eigenvalue weighted by atomic mass is 10.3. The van der Waals surface area contributed by atoms with Crippen LogP contribution in [0.15, 0.2) is 60.7 Å². The van der Waals surface area contributed by atoms with E-state index in [0.29, 0.717) is 16.4 Å². The Bertz CT molecular complexity index is 1240. The first kappa shape index (κ1) is 20.5. The zero-order valence-electron chi connectivity index (χ0n) is 17.0. The Morgan fingerprint density at radius 2 is 1.84 bits per heavy atom. The van der Waals surface area contributed by atoms with E-state index >= 15 is 0 Å². The van der Waals surface area contributed by atoms with E-state index in [1.807, 2.05) is 68.4 Å². The molecule has 0 spiro atoms. The van der Waals surface area contributed by atoms with E-state index in [-0.39, 0.29) is 0 Å². The molecule has 2 aromatic heterocycles. The Morgan fingerprint density at radius 3 is 2.61 bits per heavy atom. The molecule has 31 heavy (non-hydrogen) atoms. The molecule has 2 heterocycles. The van der Waals surface area contributed by atoms with Crippen LogP contribution in [0.2, 0.25) is 0 Å². The summed E-state index contributed by atoms with van der Waals surface area (Å²) in [6.45, 7) is 3.29. The van der Waals surface area contributed by atoms with Gasteiger partial charge in [0.25, 0.3) is 5.91 Å². The van der Waals surface area contributed by atoms with Gasteiger partial charge >= 0.3 is 5.97 Å². The smallest absolute Gasteiger partial charge is 0.331 e. The van der Waals surface area contributed by atoms with Crippen molar-refractivity contribution in [1.82, 2.24) is 14.8 Å². The summed E-state index contributed by atoms with van der Waals surface area (Å²) in [7, 11) is 0. The molecule has 0 aliphatic carbocycles. The van der Waals surface area contributed by atoms with Crippen molar-refractivity contribution >= 4 is 45.2 Å². The Kier molecular flexibility index (Phi) is 5.90. The van der Waals surface area contributed by atoms with Crippen LogP contribution in [0.25, 0.3) is 22.0 Å². The van der Waals surface area contributed by atoms with Crippen molar-refractivity contribution in [2.45, 2.75) is 13.8 Å². The molecule has 0 fully saturated rings. The summed E-state index contributed by atoms with van der Waals surface area (Å²) in [6, 6.07) is 17.4. The van der Waals surface area contributed by atoms with E-state index < -0.39 is 18.5 Å². The second-order valence-electron chi connectivity index (χ2n) is 6.80. The van der Waals surface area contributed by atoms with Crippen molar-refractivity contribution in [3.8, 4) is 5.69 Å². The number of fused-ring (bicyclic) bond motifs is 1. The fourth-order valence-electron chi connectivity index (χ4n) is 3.11. The van der Waals surface area contributed by atoms with Crippen LogP contribution in [-0.4, -0.2) is 33.2 Å². The first-order chi connectivity index (χ1) is 15.0. The average Bonchev–Trinajstić information content (AvgIpc) is 3.32. The minimum absolute atomic E-state index is 0.390. The third-order valence-corrected chi connectivity index (χ3v) is 5.58. The number of nitrogens with zero attached hydrogens (tertiary/aromatic N) is 3. The lowest BCUT2D eigenvalue weighted by Gasteiger charge is -2.07. The number of benzene rings is 2. The molecule has 4 aromatic rings. The first-order valence-corrected chi connectivity index (χ1v) is 10.4. The number of para-hydroxylation sites is 2. The van der Waals surface area contributed by atoms with Crippen LogP contribution >= 0.6 is 11.3 Å². The highest BCUT2D eigenvalue weighted by molar-refractivity contribution is 7.19. The highest BCUT2D eigenvalue weighted by atomic mass is 32.1. The maximum Gasteiger partial charge on any atom is 0.331 e. The standard InChI is InChI=1S/C23H20N4O3S/c1-15-23(16(2)27(26-15)17-8-4-3-5-9-17)25-20(28)14-30-22(29)13-12-21-24-18-10-6-7-11-19(18)31-21/h3-13H,14H2,1-2H3,(H,25,28)/b13-12+. The lowest BCUT2D eigenvalue weighted by molar-refractivity contribution is -0.142. The number of amides is 1. The van der Waals surface area contributed by atoms with Crippen molar-refractivity contribution in [3.63, 3.8) is 0 Å². The van der Waals surface area contributed by atoms with Gasteiger partial charge in [0.15, 0.2) is 6.61 Å². The first-order valence-electron chi connectivity index (χ1n) is 9.63. The van der Waals surface area contributed by atoms with E-state index in [1.165, 1.54) is 17.4 Å². The van der Waals surface area contributed by atoms with Gasteiger partial charge in [-0.15, -0.1) is 11.3 Å². The third-order valence-electron chi connectivity index (χ3n) is 4.57. The fourth-order valence-corrected chi connectivity index (χ4v) is 3.98. The molecule has 0 aliphatic heterocycles. The summed E-state index contributed by atoms with van der Waals surface area (Å²) in [5.74, 6) is -1.04. The highest BCUT2D eigenvalue weighted by Crippen LogP contribution is 2.23. The Morgan fingerprint density at radius 1 is 1.10 bits per heavy atom. The molecule has 156 valence electrons. The summed E-state index contributed by atoms with van der Waals surface area (Å²) in [5.41, 5.74) is 3.85. The van der Waals surface area contributed by atoms with Gasteiger partial charge in [-0.05, 0) is 44.2 Å². The maximum absolute atomic E-state index is 12.3. The Labute approximate surface area is 183 Å². The molecule has 4 rings (SSSR count). The number of rotatable bonds is 6. The quantitative estimate of drug-likeness (QED) is 0.363. The number of carbonyl (C=O) groups excluding carboxylic acids is 2. The average molecular weight is 433 g/mol. The molecule has 1 N–H and O–H groups in total. The molecule has 0 atom stereocenters. The topological polar surface area (TPSA) is 86.1 Å². The number of aryl methyl sites for hydroxylation is 1. The summed E-state index contributed by atoms with van der Waals surface area (Å²) in [6.07, 6.45) is 2.86. The summed E-state index contributed by atoms with van der Waals surface area (Å²) in [4.78, 5) is 28.7. The van der Waals surface area contributed by atoms with Crippen LogP contribution in [0.1, 0.15) is 16.4 Å². The van der Waals surface area contributed by atoms with Gasteiger partial charge < -0.3 is 10.1 Å². The van der Waals surface area contributed by atoms with Crippen LogP contribution in [-0.2, 0) is 14.3 Å². The normalized spacial score (nSPS) is 11.2. The molecule has 2 aromatic carbocycles. The number of hydrogen-bond donors (Lipinski definition) is 1. The van der Waals surface area contributed by atoms with Crippen molar-refractivity contribution in [2.24, 2.45) is 0 Å². The molecule has 0 unspecified atom stereocenters. The molecule has 0 saturated carbocycles. The van der Waals surface area contributed by atoms with Crippen LogP contribution in [0.3, 0.4) is 0 Å². The van der Waals surface area contributed by atoms with Crippen LogP contribution < -0.4 is 5.32 Å². The highest BCUT2D eigenvalue weighted by Gasteiger charge is 2.16. The summed E-state index contributed by atoms with van der Waals surface area (Å²) in [5, 5.41) is 7.97. The number of carbonyl (C=O) groups is 2. The molecule has 7 nitrogen and oxygen atoms in total. The summed E-state index contributed by atoms with van der Waals surface area (Å²) < 4.78 is 7.86. The van der Waals surface area contributed by atoms with Crippen molar-refractivity contribution in [3.05, 3.63) is 77.1 Å². The van der Waals surface area contributed by atoms with Crippen LogP contribution in [0, 0.1) is 13.8 Å². The number of anilines is 1. The van der Waals surface area contributed by atoms with Gasteiger partial charge in [-0.25, -0.2) is 14.5 Å². The molecule has 0 bridgehead atoms. The molecule has 0 saturated heterocycles. The predicted octanol–water partition coefficient (Wildman–Crippen LogP) is 4.29. The van der Waals surface area contributed by atoms with E-state index in [9.17, 15) is 9.59 Å². The molecule has 0 radical (unpaired) electrons. The Balaban J connectivity index is 1.35. The SMILES string of the molecule is Cc1nn(-c2ccccc2)c(C)c1NC(=O)COC(=O)/C=C/c1nc2ccccc2s1. The molecular weight excluding hydrogens is 412 g/mol. The summed E-state index contributed by atoms with van der Waals surface area (Å²) >= 11 is 1.47. The number of hydrogen-bond acceptors (Lipinski definition) is 6. The predicted molar refractivity (Wildman–Crippen MR) is 121 cm³/mol. The molecule has 8 heteroatoms. The monoisotopic (exact) mass is 432 g/mol. The van der Waals surface area contributed by atoms with E-state index in [4.69, 9.17) is 4.74 Å². The molecule has 0 aliphatic rings. The number of thiazole rings is 1. The van der Waals surface area contributed by atoms with Gasteiger partial charge in [-0.3, -0.25) is 4.79 Å². The minimum Gasteiger partial charge on any atom is -0.452 e. The Hall–Kier alpha value is -3.78. The van der Waals surface area contributed by atoms with Gasteiger partial charge in [-0.1, -0.05) is 30.3 Å². The number of ether oxygens (including phenoxy) is 1. The second kappa shape index (κ2) is 8.93. The largest absolute Gasteiger partial charge is 0.452 e. The van der Waals surface area contributed by atoms with Crippen LogP contribution in [0.5, 0.6) is 0 Å². The van der Waals surface area contributed by atoms with Gasteiger partial charge in [-0.2, -0.15) is 5.10 Å². The molecular formula is C23H20N4O3S. The van der Waals surface area contributed by atoms with E-state index in [2.05, 4.69) is 15.4 Å².